The number of rotatable bonds is 6. The molecule has 0 bridgehead atoms. The fourth-order valence-corrected chi connectivity index (χ4v) is 4.66. The first-order valence-electron chi connectivity index (χ1n) is 11.4. The lowest BCUT2D eigenvalue weighted by Crippen LogP contribution is -2.35. The van der Waals surface area contributed by atoms with Crippen LogP contribution in [0.4, 0.5) is 11.4 Å². The lowest BCUT2D eigenvalue weighted by molar-refractivity contribution is -0.384. The third kappa shape index (κ3) is 4.39. The molecular formula is C26H24N4O5. The molecule has 35 heavy (non-hydrogen) atoms. The number of hydrogen-bond donors (Lipinski definition) is 1. The molecule has 4 aromatic rings. The molecule has 0 amide bonds. The first-order valence-corrected chi connectivity index (χ1v) is 11.4. The van der Waals surface area contributed by atoms with Crippen molar-refractivity contribution in [1.82, 2.24) is 9.78 Å². The number of hydrogen-bond acceptors (Lipinski definition) is 7. The molecule has 5 rings (SSSR count). The Hall–Kier alpha value is -4.08. The van der Waals surface area contributed by atoms with Crippen molar-refractivity contribution in [1.29, 1.82) is 0 Å². The van der Waals surface area contributed by atoms with Gasteiger partial charge in [0.05, 0.1) is 22.6 Å². The van der Waals surface area contributed by atoms with Gasteiger partial charge >= 0.3 is 0 Å². The van der Waals surface area contributed by atoms with Crippen molar-refractivity contribution in [3.63, 3.8) is 0 Å². The maximum Gasteiger partial charge on any atom is 0.295 e. The maximum atomic E-state index is 13.5. The van der Waals surface area contributed by atoms with Crippen LogP contribution in [-0.2, 0) is 4.89 Å². The van der Waals surface area contributed by atoms with E-state index < -0.39 is 10.5 Å². The normalized spacial score (nSPS) is 14.4. The van der Waals surface area contributed by atoms with E-state index in [0.717, 1.165) is 28.8 Å². The highest BCUT2D eigenvalue weighted by Gasteiger charge is 2.25. The molecule has 1 aliphatic heterocycles. The largest absolute Gasteiger partial charge is 0.371 e. The molecule has 1 N–H and O–H groups in total. The van der Waals surface area contributed by atoms with Gasteiger partial charge in [-0.2, -0.15) is 9.78 Å². The summed E-state index contributed by atoms with van der Waals surface area (Å²) in [7, 11) is 0. The van der Waals surface area contributed by atoms with E-state index in [-0.39, 0.29) is 23.9 Å². The van der Waals surface area contributed by atoms with Crippen LogP contribution in [0.5, 0.6) is 0 Å². The molecule has 1 saturated heterocycles. The summed E-state index contributed by atoms with van der Waals surface area (Å²) in [5.41, 5.74) is 1.67. The van der Waals surface area contributed by atoms with E-state index in [1.54, 1.807) is 24.3 Å². The van der Waals surface area contributed by atoms with Gasteiger partial charge in [-0.25, -0.2) is 4.89 Å². The Bertz CT molecular complexity index is 1430. The summed E-state index contributed by atoms with van der Waals surface area (Å²) in [4.78, 5) is 31.4. The van der Waals surface area contributed by atoms with Gasteiger partial charge in [0.15, 0.2) is 0 Å². The predicted molar refractivity (Wildman–Crippen MR) is 133 cm³/mol. The molecule has 0 saturated carbocycles. The summed E-state index contributed by atoms with van der Waals surface area (Å²) >= 11 is 0. The van der Waals surface area contributed by atoms with Gasteiger partial charge in [-0.05, 0) is 37.0 Å². The topological polar surface area (TPSA) is 111 Å². The Kier molecular flexibility index (Phi) is 6.26. The SMILES string of the molecule is O=c1c2ccccc2c(-c2ccccc2)nn1-c1cc(N2CCC(COO)CC2)ccc1[N+](=O)[O-]. The Balaban J connectivity index is 1.66. The molecule has 0 unspecified atom stereocenters. The smallest absolute Gasteiger partial charge is 0.295 e. The minimum atomic E-state index is -0.491. The lowest BCUT2D eigenvalue weighted by Gasteiger charge is -2.33. The Morgan fingerprint density at radius 1 is 1.00 bits per heavy atom. The van der Waals surface area contributed by atoms with Crippen LogP contribution in [0.25, 0.3) is 27.7 Å². The molecule has 3 aromatic carbocycles. The van der Waals surface area contributed by atoms with E-state index in [4.69, 9.17) is 5.26 Å². The zero-order valence-electron chi connectivity index (χ0n) is 18.9. The highest BCUT2D eigenvalue weighted by atomic mass is 17.1. The molecule has 0 aliphatic carbocycles. The van der Waals surface area contributed by atoms with E-state index >= 15 is 0 Å². The number of nitro groups is 1. The van der Waals surface area contributed by atoms with Crippen LogP contribution in [0.15, 0.2) is 77.6 Å². The van der Waals surface area contributed by atoms with E-state index in [1.165, 1.54) is 6.07 Å². The number of benzene rings is 3. The zero-order valence-corrected chi connectivity index (χ0v) is 18.9. The highest BCUT2D eigenvalue weighted by Crippen LogP contribution is 2.32. The molecule has 0 spiro atoms. The maximum absolute atomic E-state index is 13.5. The Labute approximate surface area is 200 Å². The lowest BCUT2D eigenvalue weighted by atomic mass is 9.97. The van der Waals surface area contributed by atoms with Gasteiger partial charge in [0.25, 0.3) is 11.2 Å². The van der Waals surface area contributed by atoms with E-state index in [2.05, 4.69) is 14.9 Å². The number of anilines is 1. The second-order valence-corrected chi connectivity index (χ2v) is 8.63. The van der Waals surface area contributed by atoms with Crippen molar-refractivity contribution in [2.75, 3.05) is 24.6 Å². The minimum absolute atomic E-state index is 0.126. The third-order valence-electron chi connectivity index (χ3n) is 6.53. The van der Waals surface area contributed by atoms with Crippen LogP contribution in [-0.4, -0.2) is 39.7 Å². The van der Waals surface area contributed by atoms with Gasteiger partial charge in [0, 0.05) is 35.8 Å². The number of nitro benzene ring substituents is 1. The average Bonchev–Trinajstić information content (AvgIpc) is 2.90. The van der Waals surface area contributed by atoms with Gasteiger partial charge < -0.3 is 4.90 Å². The molecular weight excluding hydrogens is 448 g/mol. The van der Waals surface area contributed by atoms with Crippen LogP contribution < -0.4 is 10.5 Å². The van der Waals surface area contributed by atoms with Crippen LogP contribution in [0, 0.1) is 16.0 Å². The van der Waals surface area contributed by atoms with Gasteiger partial charge in [0.1, 0.15) is 5.69 Å². The van der Waals surface area contributed by atoms with Crippen molar-refractivity contribution in [3.05, 3.63) is 93.3 Å². The van der Waals surface area contributed by atoms with Crippen molar-refractivity contribution in [2.45, 2.75) is 12.8 Å². The number of fused-ring (bicyclic) bond motifs is 1. The fraction of sp³-hybridized carbons (Fsp3) is 0.231. The molecule has 1 aliphatic rings. The number of piperidine rings is 1. The molecule has 1 fully saturated rings. The van der Waals surface area contributed by atoms with Gasteiger partial charge in [-0.3, -0.25) is 20.2 Å². The van der Waals surface area contributed by atoms with Crippen molar-refractivity contribution >= 4 is 22.1 Å². The van der Waals surface area contributed by atoms with Crippen LogP contribution in [0.1, 0.15) is 12.8 Å². The molecule has 2 heterocycles. The first-order chi connectivity index (χ1) is 17.1. The van der Waals surface area contributed by atoms with Crippen LogP contribution >= 0.6 is 0 Å². The molecule has 178 valence electrons. The highest BCUT2D eigenvalue weighted by molar-refractivity contribution is 5.94. The van der Waals surface area contributed by atoms with Crippen molar-refractivity contribution in [3.8, 4) is 16.9 Å². The second-order valence-electron chi connectivity index (χ2n) is 8.63. The first kappa shape index (κ1) is 22.7. The number of nitrogens with zero attached hydrogens (tertiary/aromatic N) is 4. The van der Waals surface area contributed by atoms with E-state index in [0.29, 0.717) is 29.6 Å². The summed E-state index contributed by atoms with van der Waals surface area (Å²) in [5, 5.41) is 26.4. The molecule has 0 atom stereocenters. The molecule has 9 heteroatoms. The van der Waals surface area contributed by atoms with Gasteiger partial charge in [-0.1, -0.05) is 48.5 Å². The minimum Gasteiger partial charge on any atom is -0.371 e. The summed E-state index contributed by atoms with van der Waals surface area (Å²) in [6.07, 6.45) is 1.64. The average molecular weight is 473 g/mol. The second kappa shape index (κ2) is 9.65. The Morgan fingerprint density at radius 3 is 2.37 bits per heavy atom. The molecule has 0 radical (unpaired) electrons. The summed E-state index contributed by atoms with van der Waals surface area (Å²) in [6.45, 7) is 1.71. The van der Waals surface area contributed by atoms with Crippen LogP contribution in [0.3, 0.4) is 0 Å². The van der Waals surface area contributed by atoms with Gasteiger partial charge in [0.2, 0.25) is 0 Å². The van der Waals surface area contributed by atoms with Gasteiger partial charge in [-0.15, -0.1) is 0 Å². The van der Waals surface area contributed by atoms with Crippen molar-refractivity contribution in [2.24, 2.45) is 5.92 Å². The third-order valence-corrected chi connectivity index (χ3v) is 6.53. The standard InChI is InChI=1S/C26H24N4O5/c31-26-22-9-5-4-8-21(22)25(19-6-2-1-3-7-19)27-29(26)24-16-20(10-11-23(24)30(32)33)28-14-12-18(13-15-28)17-35-34/h1-11,16,18,34H,12-15,17H2. The summed E-state index contributed by atoms with van der Waals surface area (Å²) in [5.74, 6) is 0.256. The Morgan fingerprint density at radius 2 is 1.69 bits per heavy atom. The van der Waals surface area contributed by atoms with Crippen molar-refractivity contribution < 1.29 is 15.1 Å². The summed E-state index contributed by atoms with van der Waals surface area (Å²) in [6, 6.07) is 21.4. The monoisotopic (exact) mass is 472 g/mol. The molecule has 1 aromatic heterocycles. The van der Waals surface area contributed by atoms with Crippen LogP contribution in [0.2, 0.25) is 0 Å². The molecule has 9 nitrogen and oxygen atoms in total. The van der Waals surface area contributed by atoms with E-state index in [1.807, 2.05) is 42.5 Å². The summed E-state index contributed by atoms with van der Waals surface area (Å²) < 4.78 is 1.15. The van der Waals surface area contributed by atoms with E-state index in [9.17, 15) is 14.9 Å². The predicted octanol–water partition coefficient (Wildman–Crippen LogP) is 4.67. The zero-order chi connectivity index (χ0) is 24.4. The number of aromatic nitrogens is 2. The quantitative estimate of drug-likeness (QED) is 0.247. The fourth-order valence-electron chi connectivity index (χ4n) is 4.66.